The van der Waals surface area contributed by atoms with Crippen LogP contribution in [0.4, 0.5) is 0 Å². The monoisotopic (exact) mass is 175 g/mol. The fourth-order valence-electron chi connectivity index (χ4n) is 1.04. The Hall–Kier alpha value is -0.650. The number of hydrogen-bond acceptors (Lipinski definition) is 4. The predicted octanol–water partition coefficient (Wildman–Crippen LogP) is -1.32. The summed E-state index contributed by atoms with van der Waals surface area (Å²) in [6.45, 7) is 4.94. The Kier molecular flexibility index (Phi) is 5.61. The molecule has 12 heavy (non-hydrogen) atoms. The molecule has 72 valence electrons. The zero-order valence-corrected chi connectivity index (χ0v) is 7.58. The van der Waals surface area contributed by atoms with E-state index in [1.165, 1.54) is 0 Å². The second kappa shape index (κ2) is 5.93. The molecule has 0 aromatic rings. The summed E-state index contributed by atoms with van der Waals surface area (Å²) in [6.07, 6.45) is 0. The second-order valence-electron chi connectivity index (χ2n) is 2.54. The van der Waals surface area contributed by atoms with E-state index in [4.69, 9.17) is 10.9 Å². The molecule has 5 nitrogen and oxygen atoms in total. The summed E-state index contributed by atoms with van der Waals surface area (Å²) < 4.78 is 0. The number of carbonyl (C=O) groups is 1. The fraction of sp³-hybridized carbons (Fsp3) is 0.857. The highest BCUT2D eigenvalue weighted by Gasteiger charge is 2.17. The zero-order chi connectivity index (χ0) is 9.56. The van der Waals surface area contributed by atoms with Gasteiger partial charge in [-0.3, -0.25) is 15.1 Å². The van der Waals surface area contributed by atoms with Gasteiger partial charge >= 0.3 is 0 Å². The molecule has 0 saturated carbocycles. The average molecular weight is 175 g/mol. The molecule has 4 N–H and O–H groups in total. The molecule has 0 fully saturated rings. The van der Waals surface area contributed by atoms with E-state index in [1.54, 1.807) is 6.92 Å². The van der Waals surface area contributed by atoms with Gasteiger partial charge in [0.05, 0.1) is 12.6 Å². The molecule has 0 rings (SSSR count). The Balaban J connectivity index is 4.00. The Morgan fingerprint density at radius 3 is 2.67 bits per heavy atom. The molecule has 5 heteroatoms. The van der Waals surface area contributed by atoms with Crippen molar-refractivity contribution < 1.29 is 9.90 Å². The molecule has 0 spiro atoms. The summed E-state index contributed by atoms with van der Waals surface area (Å²) in [4.78, 5) is 12.9. The summed E-state index contributed by atoms with van der Waals surface area (Å²) >= 11 is 0. The van der Waals surface area contributed by atoms with Gasteiger partial charge in [-0.2, -0.15) is 0 Å². The largest absolute Gasteiger partial charge is 0.395 e. The number of carbonyl (C=O) groups excluding carboxylic acids is 1. The number of aliphatic hydroxyl groups is 1. The predicted molar refractivity (Wildman–Crippen MR) is 46.1 cm³/mol. The highest BCUT2D eigenvalue weighted by molar-refractivity contribution is 5.80. The third-order valence-corrected chi connectivity index (χ3v) is 1.86. The van der Waals surface area contributed by atoms with Gasteiger partial charge in [0, 0.05) is 6.54 Å². The van der Waals surface area contributed by atoms with Crippen molar-refractivity contribution in [3.8, 4) is 0 Å². The highest BCUT2D eigenvalue weighted by atomic mass is 16.3. The van der Waals surface area contributed by atoms with Gasteiger partial charge in [-0.05, 0) is 13.5 Å². The molecular formula is C7H17N3O2. The van der Waals surface area contributed by atoms with Crippen molar-refractivity contribution in [1.82, 2.24) is 10.3 Å². The van der Waals surface area contributed by atoms with Gasteiger partial charge in [-0.25, -0.2) is 5.84 Å². The molecule has 0 aromatic heterocycles. The van der Waals surface area contributed by atoms with Crippen molar-refractivity contribution in [3.05, 3.63) is 0 Å². The van der Waals surface area contributed by atoms with Crippen LogP contribution >= 0.6 is 0 Å². The Morgan fingerprint density at radius 2 is 2.33 bits per heavy atom. The van der Waals surface area contributed by atoms with Crippen LogP contribution in [0, 0.1) is 0 Å². The SMILES string of the molecule is CCN(CCO)C(C)C(=O)NN. The number of rotatable bonds is 5. The van der Waals surface area contributed by atoms with Crippen molar-refractivity contribution in [1.29, 1.82) is 0 Å². The lowest BCUT2D eigenvalue weighted by molar-refractivity contribution is -0.126. The van der Waals surface area contributed by atoms with Gasteiger partial charge in [0.1, 0.15) is 0 Å². The third-order valence-electron chi connectivity index (χ3n) is 1.86. The molecule has 1 unspecified atom stereocenters. The van der Waals surface area contributed by atoms with Crippen LogP contribution in [0.25, 0.3) is 0 Å². The Labute approximate surface area is 72.5 Å². The molecule has 1 atom stereocenters. The zero-order valence-electron chi connectivity index (χ0n) is 7.58. The number of nitrogens with two attached hydrogens (primary N) is 1. The molecule has 0 bridgehead atoms. The minimum Gasteiger partial charge on any atom is -0.395 e. The molecule has 0 radical (unpaired) electrons. The quantitative estimate of drug-likeness (QED) is 0.275. The van der Waals surface area contributed by atoms with E-state index < -0.39 is 0 Å². The van der Waals surface area contributed by atoms with Crippen molar-refractivity contribution in [2.45, 2.75) is 19.9 Å². The minimum atomic E-state index is -0.285. The van der Waals surface area contributed by atoms with Crippen LogP contribution in [0.3, 0.4) is 0 Å². The molecule has 0 aliphatic heterocycles. The van der Waals surface area contributed by atoms with Crippen molar-refractivity contribution in [2.24, 2.45) is 5.84 Å². The van der Waals surface area contributed by atoms with Gasteiger partial charge < -0.3 is 5.11 Å². The number of nitrogens with one attached hydrogen (secondary N) is 1. The molecule has 0 saturated heterocycles. The molecular weight excluding hydrogens is 158 g/mol. The number of nitrogens with zero attached hydrogens (tertiary/aromatic N) is 1. The number of amides is 1. The normalized spacial score (nSPS) is 13.1. The van der Waals surface area contributed by atoms with Crippen LogP contribution in [0.2, 0.25) is 0 Å². The standard InChI is InChI=1S/C7H17N3O2/c1-3-10(4-5-11)6(2)7(12)9-8/h6,11H,3-5,8H2,1-2H3,(H,9,12). The molecule has 1 amide bonds. The Morgan fingerprint density at radius 1 is 1.75 bits per heavy atom. The number of hydrazine groups is 1. The third kappa shape index (κ3) is 3.17. The highest BCUT2D eigenvalue weighted by Crippen LogP contribution is 1.96. The summed E-state index contributed by atoms with van der Waals surface area (Å²) in [7, 11) is 0. The summed E-state index contributed by atoms with van der Waals surface area (Å²) in [5.74, 6) is 4.74. The van der Waals surface area contributed by atoms with Gasteiger partial charge in [-0.1, -0.05) is 6.92 Å². The lowest BCUT2D eigenvalue weighted by Crippen LogP contribution is -2.48. The molecule has 0 aliphatic carbocycles. The van der Waals surface area contributed by atoms with E-state index in [2.05, 4.69) is 5.43 Å². The second-order valence-corrected chi connectivity index (χ2v) is 2.54. The van der Waals surface area contributed by atoms with E-state index in [0.717, 1.165) is 6.54 Å². The molecule has 0 heterocycles. The van der Waals surface area contributed by atoms with Crippen LogP contribution in [-0.4, -0.2) is 41.7 Å². The maximum Gasteiger partial charge on any atom is 0.250 e. The Bertz CT molecular complexity index is 141. The van der Waals surface area contributed by atoms with Gasteiger partial charge in [0.25, 0.3) is 5.91 Å². The maximum absolute atomic E-state index is 11.0. The summed E-state index contributed by atoms with van der Waals surface area (Å²) in [5.41, 5.74) is 2.08. The van der Waals surface area contributed by atoms with E-state index in [9.17, 15) is 4.79 Å². The fourth-order valence-corrected chi connectivity index (χ4v) is 1.04. The van der Waals surface area contributed by atoms with Gasteiger partial charge in [-0.15, -0.1) is 0 Å². The maximum atomic E-state index is 11.0. The topological polar surface area (TPSA) is 78.6 Å². The number of aliphatic hydroxyl groups excluding tert-OH is 1. The first-order valence-electron chi connectivity index (χ1n) is 4.02. The first kappa shape index (κ1) is 11.4. The van der Waals surface area contributed by atoms with Gasteiger partial charge in [0.15, 0.2) is 0 Å². The van der Waals surface area contributed by atoms with Crippen molar-refractivity contribution in [2.75, 3.05) is 19.7 Å². The number of hydrogen-bond donors (Lipinski definition) is 3. The van der Waals surface area contributed by atoms with Crippen LogP contribution in [-0.2, 0) is 4.79 Å². The lowest BCUT2D eigenvalue weighted by atomic mass is 10.2. The van der Waals surface area contributed by atoms with Gasteiger partial charge in [0.2, 0.25) is 0 Å². The first-order chi connectivity index (χ1) is 5.67. The van der Waals surface area contributed by atoms with E-state index >= 15 is 0 Å². The van der Waals surface area contributed by atoms with Crippen molar-refractivity contribution >= 4 is 5.91 Å². The summed E-state index contributed by atoms with van der Waals surface area (Å²) in [5, 5.41) is 8.67. The van der Waals surface area contributed by atoms with Crippen LogP contribution in [0.5, 0.6) is 0 Å². The average Bonchev–Trinajstić information content (AvgIpc) is 2.11. The first-order valence-corrected chi connectivity index (χ1v) is 4.02. The van der Waals surface area contributed by atoms with E-state index in [0.29, 0.717) is 6.54 Å². The molecule has 0 aliphatic rings. The van der Waals surface area contributed by atoms with Crippen LogP contribution < -0.4 is 11.3 Å². The minimum absolute atomic E-state index is 0.0516. The summed E-state index contributed by atoms with van der Waals surface area (Å²) in [6, 6.07) is -0.285. The lowest BCUT2D eigenvalue weighted by Gasteiger charge is -2.24. The van der Waals surface area contributed by atoms with Crippen molar-refractivity contribution in [3.63, 3.8) is 0 Å². The van der Waals surface area contributed by atoms with E-state index in [1.807, 2.05) is 11.8 Å². The van der Waals surface area contributed by atoms with E-state index in [-0.39, 0.29) is 18.6 Å². The smallest absolute Gasteiger partial charge is 0.250 e. The number of likely N-dealkylation sites (N-methyl/N-ethyl adjacent to an activating group) is 1. The van der Waals surface area contributed by atoms with Crippen LogP contribution in [0.15, 0.2) is 0 Å². The molecule has 0 aromatic carbocycles. The van der Waals surface area contributed by atoms with Crippen LogP contribution in [0.1, 0.15) is 13.8 Å².